The maximum atomic E-state index is 13.7. The molecule has 1 heterocycles. The maximum Gasteiger partial charge on any atom is 0.274 e. The number of aryl methyl sites for hydroxylation is 2. The first kappa shape index (κ1) is 17.5. The van der Waals surface area contributed by atoms with Gasteiger partial charge in [-0.05, 0) is 43.2 Å². The van der Waals surface area contributed by atoms with Gasteiger partial charge < -0.3 is 10.6 Å². The highest BCUT2D eigenvalue weighted by Gasteiger charge is 2.13. The molecule has 0 aliphatic heterocycles. The smallest absolute Gasteiger partial charge is 0.274 e. The Kier molecular flexibility index (Phi) is 5.22. The normalized spacial score (nSPS) is 10.4. The van der Waals surface area contributed by atoms with Crippen molar-refractivity contribution in [2.24, 2.45) is 0 Å². The minimum Gasteiger partial charge on any atom is -0.324 e. The van der Waals surface area contributed by atoms with E-state index >= 15 is 0 Å². The van der Waals surface area contributed by atoms with Crippen LogP contribution in [0, 0.1) is 12.7 Å². The Hall–Kier alpha value is -3.28. The van der Waals surface area contributed by atoms with E-state index in [1.54, 1.807) is 25.1 Å². The van der Waals surface area contributed by atoms with Gasteiger partial charge >= 0.3 is 0 Å². The number of amides is 1. The molecule has 0 saturated carbocycles. The van der Waals surface area contributed by atoms with Crippen molar-refractivity contribution in [1.29, 1.82) is 0 Å². The highest BCUT2D eigenvalue weighted by molar-refractivity contribution is 6.03. The maximum absolute atomic E-state index is 13.7. The number of para-hydroxylation sites is 2. The zero-order chi connectivity index (χ0) is 18.5. The fourth-order valence-corrected chi connectivity index (χ4v) is 2.56. The molecule has 0 fully saturated rings. The molecule has 5 nitrogen and oxygen atoms in total. The summed E-state index contributed by atoms with van der Waals surface area (Å²) in [7, 11) is 0. The van der Waals surface area contributed by atoms with Crippen LogP contribution in [-0.4, -0.2) is 15.9 Å². The van der Waals surface area contributed by atoms with E-state index in [9.17, 15) is 9.18 Å². The summed E-state index contributed by atoms with van der Waals surface area (Å²) in [5.41, 5.74) is 2.92. The van der Waals surface area contributed by atoms with Crippen molar-refractivity contribution in [3.63, 3.8) is 0 Å². The van der Waals surface area contributed by atoms with Gasteiger partial charge in [-0.1, -0.05) is 37.3 Å². The van der Waals surface area contributed by atoms with Crippen molar-refractivity contribution in [1.82, 2.24) is 9.97 Å². The number of carbonyl (C=O) groups is 1. The summed E-state index contributed by atoms with van der Waals surface area (Å²) in [5, 5.41) is 5.69. The minimum absolute atomic E-state index is 0.111. The number of hydrogen-bond donors (Lipinski definition) is 2. The molecule has 2 aromatic carbocycles. The van der Waals surface area contributed by atoms with Crippen LogP contribution in [0.4, 0.5) is 21.7 Å². The van der Waals surface area contributed by atoms with E-state index in [2.05, 4.69) is 27.5 Å². The molecule has 1 amide bonds. The Balaban J connectivity index is 1.85. The van der Waals surface area contributed by atoms with Crippen LogP contribution in [0.1, 0.15) is 28.7 Å². The number of hydrogen-bond acceptors (Lipinski definition) is 4. The Morgan fingerprint density at radius 3 is 2.46 bits per heavy atom. The number of rotatable bonds is 5. The summed E-state index contributed by atoms with van der Waals surface area (Å²) in [4.78, 5) is 21.1. The summed E-state index contributed by atoms with van der Waals surface area (Å²) in [5.74, 6) is -0.668. The van der Waals surface area contributed by atoms with Crippen LogP contribution in [0.2, 0.25) is 0 Å². The number of anilines is 3. The van der Waals surface area contributed by atoms with E-state index in [-0.39, 0.29) is 11.4 Å². The fourth-order valence-electron chi connectivity index (χ4n) is 2.56. The Bertz CT molecular complexity index is 943. The molecule has 132 valence electrons. The molecular weight excluding hydrogens is 331 g/mol. The van der Waals surface area contributed by atoms with Gasteiger partial charge in [0.15, 0.2) is 0 Å². The Labute approximate surface area is 151 Å². The third kappa shape index (κ3) is 4.03. The molecule has 2 N–H and O–H groups in total. The number of aromatic nitrogens is 2. The van der Waals surface area contributed by atoms with E-state index < -0.39 is 11.7 Å². The number of nitrogens with zero attached hydrogens (tertiary/aromatic N) is 2. The van der Waals surface area contributed by atoms with Gasteiger partial charge in [0.2, 0.25) is 5.95 Å². The lowest BCUT2D eigenvalue weighted by atomic mass is 10.1. The van der Waals surface area contributed by atoms with Crippen LogP contribution in [0.15, 0.2) is 54.6 Å². The lowest BCUT2D eigenvalue weighted by Gasteiger charge is -2.11. The largest absolute Gasteiger partial charge is 0.324 e. The molecule has 3 rings (SSSR count). The van der Waals surface area contributed by atoms with Crippen molar-refractivity contribution in [2.45, 2.75) is 20.3 Å². The molecule has 6 heteroatoms. The van der Waals surface area contributed by atoms with Crippen molar-refractivity contribution >= 4 is 23.2 Å². The zero-order valence-corrected chi connectivity index (χ0v) is 14.6. The first-order valence-corrected chi connectivity index (χ1v) is 8.33. The monoisotopic (exact) mass is 350 g/mol. The van der Waals surface area contributed by atoms with Crippen LogP contribution >= 0.6 is 0 Å². The number of benzene rings is 2. The predicted molar refractivity (Wildman–Crippen MR) is 100 cm³/mol. The molecule has 3 aromatic rings. The van der Waals surface area contributed by atoms with E-state index in [1.807, 2.05) is 24.3 Å². The highest BCUT2D eigenvalue weighted by Crippen LogP contribution is 2.20. The first-order chi connectivity index (χ1) is 12.6. The number of halogens is 1. The topological polar surface area (TPSA) is 66.9 Å². The molecule has 0 saturated heterocycles. The van der Waals surface area contributed by atoms with Crippen LogP contribution < -0.4 is 10.6 Å². The molecule has 26 heavy (non-hydrogen) atoms. The van der Waals surface area contributed by atoms with Gasteiger partial charge in [-0.2, -0.15) is 0 Å². The summed E-state index contributed by atoms with van der Waals surface area (Å²) >= 11 is 0. The Morgan fingerprint density at radius 1 is 1.04 bits per heavy atom. The summed E-state index contributed by atoms with van der Waals surface area (Å²) in [6, 6.07) is 15.4. The molecule has 0 unspecified atom stereocenters. The van der Waals surface area contributed by atoms with E-state index in [1.165, 1.54) is 12.1 Å². The van der Waals surface area contributed by atoms with Crippen molar-refractivity contribution in [3.8, 4) is 0 Å². The number of nitrogens with one attached hydrogen (secondary N) is 2. The summed E-state index contributed by atoms with van der Waals surface area (Å²) in [6.45, 7) is 3.84. The molecular formula is C20H19FN4O. The second kappa shape index (κ2) is 7.74. The highest BCUT2D eigenvalue weighted by atomic mass is 19.1. The SMILES string of the molecule is CCc1ccccc1Nc1nc(C)cc(C(=O)Nc2ccccc2F)n1. The van der Waals surface area contributed by atoms with Gasteiger partial charge in [0.25, 0.3) is 5.91 Å². The fraction of sp³-hybridized carbons (Fsp3) is 0.150. The average molecular weight is 350 g/mol. The van der Waals surface area contributed by atoms with Crippen LogP contribution in [-0.2, 0) is 6.42 Å². The molecule has 0 spiro atoms. The summed E-state index contributed by atoms with van der Waals surface area (Å²) in [6.07, 6.45) is 0.857. The molecule has 0 radical (unpaired) electrons. The van der Waals surface area contributed by atoms with Gasteiger partial charge in [-0.3, -0.25) is 4.79 Å². The van der Waals surface area contributed by atoms with Crippen molar-refractivity contribution in [2.75, 3.05) is 10.6 Å². The summed E-state index contributed by atoms with van der Waals surface area (Å²) < 4.78 is 13.7. The van der Waals surface area contributed by atoms with E-state index in [4.69, 9.17) is 0 Å². The van der Waals surface area contributed by atoms with Crippen molar-refractivity contribution < 1.29 is 9.18 Å². The van der Waals surface area contributed by atoms with E-state index in [0.717, 1.165) is 17.7 Å². The Morgan fingerprint density at radius 2 is 1.73 bits per heavy atom. The third-order valence-electron chi connectivity index (χ3n) is 3.85. The minimum atomic E-state index is -0.498. The van der Waals surface area contributed by atoms with Gasteiger partial charge in [-0.25, -0.2) is 14.4 Å². The van der Waals surface area contributed by atoms with Gasteiger partial charge in [0, 0.05) is 11.4 Å². The standard InChI is InChI=1S/C20H19FN4O/c1-3-14-8-4-6-10-16(14)24-20-22-13(2)12-18(25-20)19(26)23-17-11-7-5-9-15(17)21/h4-12H,3H2,1-2H3,(H,23,26)(H,22,24,25). The van der Waals surface area contributed by atoms with Crippen LogP contribution in [0.25, 0.3) is 0 Å². The van der Waals surface area contributed by atoms with Gasteiger partial charge in [0.05, 0.1) is 5.69 Å². The molecule has 0 aliphatic rings. The molecule has 0 bridgehead atoms. The lowest BCUT2D eigenvalue weighted by molar-refractivity contribution is 0.102. The predicted octanol–water partition coefficient (Wildman–Crippen LogP) is 4.48. The average Bonchev–Trinajstić information content (AvgIpc) is 2.63. The van der Waals surface area contributed by atoms with Crippen molar-refractivity contribution in [3.05, 3.63) is 77.4 Å². The van der Waals surface area contributed by atoms with Gasteiger partial charge in [-0.15, -0.1) is 0 Å². The number of carbonyl (C=O) groups excluding carboxylic acids is 1. The molecule has 0 aliphatic carbocycles. The second-order valence-electron chi connectivity index (χ2n) is 5.79. The van der Waals surface area contributed by atoms with E-state index in [0.29, 0.717) is 11.6 Å². The van der Waals surface area contributed by atoms with Crippen LogP contribution in [0.3, 0.4) is 0 Å². The zero-order valence-electron chi connectivity index (χ0n) is 14.6. The lowest BCUT2D eigenvalue weighted by Crippen LogP contribution is -2.16. The molecule has 0 atom stereocenters. The molecule has 1 aromatic heterocycles. The second-order valence-corrected chi connectivity index (χ2v) is 5.79. The third-order valence-corrected chi connectivity index (χ3v) is 3.85. The quantitative estimate of drug-likeness (QED) is 0.712. The van der Waals surface area contributed by atoms with Gasteiger partial charge in [0.1, 0.15) is 11.5 Å². The first-order valence-electron chi connectivity index (χ1n) is 8.33. The van der Waals surface area contributed by atoms with Crippen LogP contribution in [0.5, 0.6) is 0 Å².